The molecule has 6 heteroatoms. The number of carbonyl (C=O) groups excluding carboxylic acids is 1. The predicted molar refractivity (Wildman–Crippen MR) is 104 cm³/mol. The predicted octanol–water partition coefficient (Wildman–Crippen LogP) is 3.24. The van der Waals surface area contributed by atoms with E-state index in [1.807, 2.05) is 17.0 Å². The lowest BCUT2D eigenvalue weighted by Gasteiger charge is -2.36. The van der Waals surface area contributed by atoms with Crippen LogP contribution in [0.1, 0.15) is 55.6 Å². The smallest absolute Gasteiger partial charge is 0.317 e. The topological polar surface area (TPSA) is 66.5 Å². The molecule has 1 heterocycles. The van der Waals surface area contributed by atoms with E-state index in [1.165, 1.54) is 17.4 Å². The molecule has 1 aromatic rings. The number of hydrogen-bond donors (Lipinski definition) is 1. The zero-order valence-corrected chi connectivity index (χ0v) is 16.6. The van der Waals surface area contributed by atoms with Crippen molar-refractivity contribution in [2.45, 2.75) is 56.1 Å². The minimum atomic E-state index is -3.20. The van der Waals surface area contributed by atoms with E-state index in [4.69, 9.17) is 0 Å². The van der Waals surface area contributed by atoms with E-state index in [9.17, 15) is 13.2 Å². The fraction of sp³-hybridized carbons (Fsp3) is 0.650. The number of nitrogens with zero attached hydrogens (tertiary/aromatic N) is 1. The van der Waals surface area contributed by atoms with Gasteiger partial charge in [-0.25, -0.2) is 13.2 Å². The van der Waals surface area contributed by atoms with Crippen molar-refractivity contribution >= 4 is 15.9 Å². The van der Waals surface area contributed by atoms with Crippen molar-refractivity contribution in [3.8, 4) is 0 Å². The van der Waals surface area contributed by atoms with Gasteiger partial charge < -0.3 is 10.2 Å². The number of aryl methyl sites for hydroxylation is 1. The van der Waals surface area contributed by atoms with Crippen molar-refractivity contribution < 1.29 is 13.2 Å². The summed E-state index contributed by atoms with van der Waals surface area (Å²) in [7, 11) is -3.20. The molecule has 26 heavy (non-hydrogen) atoms. The molecule has 3 rings (SSSR count). The molecule has 1 saturated heterocycles. The molecule has 0 bridgehead atoms. The van der Waals surface area contributed by atoms with Crippen LogP contribution in [0.2, 0.25) is 0 Å². The highest BCUT2D eigenvalue weighted by Gasteiger charge is 2.42. The quantitative estimate of drug-likeness (QED) is 0.875. The Bertz CT molecular complexity index is 754. The van der Waals surface area contributed by atoms with E-state index in [0.29, 0.717) is 25.3 Å². The highest BCUT2D eigenvalue weighted by Crippen LogP contribution is 2.34. The van der Waals surface area contributed by atoms with E-state index >= 15 is 0 Å². The lowest BCUT2D eigenvalue weighted by Crippen LogP contribution is -2.52. The second-order valence-electron chi connectivity index (χ2n) is 7.96. The number of urea groups is 1. The molecule has 5 nitrogen and oxygen atoms in total. The fourth-order valence-electron chi connectivity index (χ4n) is 4.47. The van der Waals surface area contributed by atoms with E-state index < -0.39 is 14.6 Å². The lowest BCUT2D eigenvalue weighted by atomic mass is 9.88. The van der Waals surface area contributed by atoms with E-state index in [2.05, 4.69) is 24.4 Å². The summed E-state index contributed by atoms with van der Waals surface area (Å²) in [6.07, 6.45) is 6.49. The monoisotopic (exact) mass is 378 g/mol. The van der Waals surface area contributed by atoms with Gasteiger partial charge in [0.15, 0.2) is 9.84 Å². The standard InChI is InChI=1S/C20H30N2O3S/c1-16-8-4-5-9-18(16)17-10-13-22(14-17)19(23)21-15-20(26(2,24)25)11-6-3-7-12-20/h4-5,8-9,17H,3,6-7,10-15H2,1-2H3,(H,21,23). The number of hydrogen-bond acceptors (Lipinski definition) is 3. The molecule has 1 aromatic carbocycles. The second kappa shape index (κ2) is 7.59. The van der Waals surface area contributed by atoms with Gasteiger partial charge in [0, 0.05) is 31.8 Å². The number of rotatable bonds is 4. The van der Waals surface area contributed by atoms with Gasteiger partial charge in [-0.05, 0) is 37.3 Å². The van der Waals surface area contributed by atoms with E-state index in [0.717, 1.165) is 32.2 Å². The van der Waals surface area contributed by atoms with Gasteiger partial charge in [0.2, 0.25) is 0 Å². The first kappa shape index (κ1) is 19.2. The van der Waals surface area contributed by atoms with Gasteiger partial charge in [0.25, 0.3) is 0 Å². The molecule has 144 valence electrons. The molecule has 1 unspecified atom stereocenters. The lowest BCUT2D eigenvalue weighted by molar-refractivity contribution is 0.205. The molecule has 0 spiro atoms. The molecule has 1 aliphatic carbocycles. The van der Waals surface area contributed by atoms with Crippen LogP contribution in [0.25, 0.3) is 0 Å². The van der Waals surface area contributed by atoms with Crippen LogP contribution in [0.3, 0.4) is 0 Å². The van der Waals surface area contributed by atoms with Crippen LogP contribution < -0.4 is 5.32 Å². The Balaban J connectivity index is 1.61. The van der Waals surface area contributed by atoms with Crippen LogP contribution in [-0.4, -0.2) is 50.0 Å². The average molecular weight is 379 g/mol. The van der Waals surface area contributed by atoms with Crippen molar-refractivity contribution in [3.63, 3.8) is 0 Å². The Kier molecular flexibility index (Phi) is 5.61. The molecule has 1 aliphatic heterocycles. The van der Waals surface area contributed by atoms with Gasteiger partial charge in [0.05, 0.1) is 4.75 Å². The number of nitrogens with one attached hydrogen (secondary N) is 1. The van der Waals surface area contributed by atoms with Crippen LogP contribution in [0.5, 0.6) is 0 Å². The zero-order valence-electron chi connectivity index (χ0n) is 15.8. The summed E-state index contributed by atoms with van der Waals surface area (Å²) in [5, 5.41) is 2.94. The van der Waals surface area contributed by atoms with Crippen molar-refractivity contribution in [1.29, 1.82) is 0 Å². The molecule has 1 saturated carbocycles. The molecule has 0 aromatic heterocycles. The van der Waals surface area contributed by atoms with Gasteiger partial charge in [-0.2, -0.15) is 0 Å². The van der Waals surface area contributed by atoms with E-state index in [-0.39, 0.29) is 12.6 Å². The Morgan fingerprint density at radius 1 is 1.23 bits per heavy atom. The van der Waals surface area contributed by atoms with Crippen LogP contribution in [0.15, 0.2) is 24.3 Å². The van der Waals surface area contributed by atoms with Crippen molar-refractivity contribution in [1.82, 2.24) is 10.2 Å². The maximum Gasteiger partial charge on any atom is 0.317 e. The first-order valence-corrected chi connectivity index (χ1v) is 11.5. The third-order valence-electron chi connectivity index (χ3n) is 6.22. The van der Waals surface area contributed by atoms with Crippen LogP contribution in [0.4, 0.5) is 4.79 Å². The van der Waals surface area contributed by atoms with E-state index in [1.54, 1.807) is 0 Å². The van der Waals surface area contributed by atoms with Gasteiger partial charge >= 0.3 is 6.03 Å². The number of sulfone groups is 1. The van der Waals surface area contributed by atoms with Gasteiger partial charge in [-0.15, -0.1) is 0 Å². The van der Waals surface area contributed by atoms with Crippen molar-refractivity contribution in [2.24, 2.45) is 0 Å². The average Bonchev–Trinajstić information content (AvgIpc) is 3.10. The number of likely N-dealkylation sites (tertiary alicyclic amines) is 1. The number of benzene rings is 1. The van der Waals surface area contributed by atoms with Crippen LogP contribution in [0, 0.1) is 6.92 Å². The molecular weight excluding hydrogens is 348 g/mol. The fourth-order valence-corrected chi connectivity index (χ4v) is 5.83. The third kappa shape index (κ3) is 3.90. The Morgan fingerprint density at radius 2 is 1.92 bits per heavy atom. The minimum absolute atomic E-state index is 0.130. The summed E-state index contributed by atoms with van der Waals surface area (Å²) in [6.45, 7) is 3.76. The van der Waals surface area contributed by atoms with Crippen molar-refractivity contribution in [3.05, 3.63) is 35.4 Å². The first-order valence-electron chi connectivity index (χ1n) is 9.60. The summed E-state index contributed by atoms with van der Waals surface area (Å²) in [5.74, 6) is 0.362. The van der Waals surface area contributed by atoms with Gasteiger partial charge in [-0.3, -0.25) is 0 Å². The van der Waals surface area contributed by atoms with Gasteiger partial charge in [-0.1, -0.05) is 43.5 Å². The largest absolute Gasteiger partial charge is 0.336 e. The highest BCUT2D eigenvalue weighted by molar-refractivity contribution is 7.92. The first-order chi connectivity index (χ1) is 12.3. The third-order valence-corrected chi connectivity index (χ3v) is 8.34. The zero-order chi connectivity index (χ0) is 18.8. The van der Waals surface area contributed by atoms with Gasteiger partial charge in [0.1, 0.15) is 0 Å². The summed E-state index contributed by atoms with van der Waals surface area (Å²) in [4.78, 5) is 14.5. The highest BCUT2D eigenvalue weighted by atomic mass is 32.2. The molecule has 1 N–H and O–H groups in total. The summed E-state index contributed by atoms with van der Waals surface area (Å²) < 4.78 is 23.9. The molecule has 0 radical (unpaired) electrons. The maximum atomic E-state index is 12.6. The summed E-state index contributed by atoms with van der Waals surface area (Å²) >= 11 is 0. The number of amides is 2. The molecular formula is C20H30N2O3S. The SMILES string of the molecule is Cc1ccccc1C1CCN(C(=O)NCC2(S(C)(=O)=O)CCCCC2)C1. The normalized spacial score (nSPS) is 23.0. The summed E-state index contributed by atoms with van der Waals surface area (Å²) in [5.41, 5.74) is 2.57. The van der Waals surface area contributed by atoms with Crippen molar-refractivity contribution in [2.75, 3.05) is 25.9 Å². The molecule has 1 atom stereocenters. The summed E-state index contributed by atoms with van der Waals surface area (Å²) in [6, 6.07) is 8.20. The Labute approximate surface area is 157 Å². The molecule has 2 aliphatic rings. The second-order valence-corrected chi connectivity index (χ2v) is 10.4. The Hall–Kier alpha value is -1.56. The van der Waals surface area contributed by atoms with Crippen LogP contribution >= 0.6 is 0 Å². The van der Waals surface area contributed by atoms with Crippen LogP contribution in [-0.2, 0) is 9.84 Å². The number of carbonyl (C=O) groups is 1. The maximum absolute atomic E-state index is 12.6. The minimum Gasteiger partial charge on any atom is -0.336 e. The molecule has 2 fully saturated rings. The molecule has 2 amide bonds. The Morgan fingerprint density at radius 3 is 2.58 bits per heavy atom.